The van der Waals surface area contributed by atoms with Crippen molar-refractivity contribution in [1.29, 1.82) is 0 Å². The molecular formula is C56H36N2O. The molecular weight excluding hydrogens is 717 g/mol. The maximum Gasteiger partial charge on any atom is 0.143 e. The van der Waals surface area contributed by atoms with Crippen LogP contribution in [0.1, 0.15) is 0 Å². The first-order chi connectivity index (χ1) is 29.2. The van der Waals surface area contributed by atoms with E-state index in [-0.39, 0.29) is 0 Å². The normalized spacial score (nSPS) is 11.7. The molecule has 0 saturated heterocycles. The SMILES string of the molecule is c1ccc(N(c2cccc(-c3ccc4ccc5ccccc5c4c3)c2)c2cc(-c3ccc(-n4c5ccccc5c5ccccc54)cc3)c3oc4ccccc4c3c2)cc1. The topological polar surface area (TPSA) is 21.3 Å². The number of rotatable bonds is 6. The number of nitrogens with zero attached hydrogens (tertiary/aromatic N) is 2. The van der Waals surface area contributed by atoms with Gasteiger partial charge in [-0.05, 0) is 111 Å². The summed E-state index contributed by atoms with van der Waals surface area (Å²) in [7, 11) is 0. The first-order valence-electron chi connectivity index (χ1n) is 20.2. The fraction of sp³-hybridized carbons (Fsp3) is 0. The van der Waals surface area contributed by atoms with E-state index in [1.807, 2.05) is 6.07 Å². The number of para-hydroxylation sites is 4. The van der Waals surface area contributed by atoms with Crippen molar-refractivity contribution < 1.29 is 4.42 Å². The van der Waals surface area contributed by atoms with E-state index in [1.54, 1.807) is 0 Å². The third-order valence-electron chi connectivity index (χ3n) is 11.9. The molecule has 2 aromatic heterocycles. The van der Waals surface area contributed by atoms with E-state index in [1.165, 1.54) is 48.9 Å². The summed E-state index contributed by atoms with van der Waals surface area (Å²) in [6.07, 6.45) is 0. The lowest BCUT2D eigenvalue weighted by molar-refractivity contribution is 0.670. The van der Waals surface area contributed by atoms with Gasteiger partial charge < -0.3 is 13.9 Å². The predicted molar refractivity (Wildman–Crippen MR) is 249 cm³/mol. The largest absolute Gasteiger partial charge is 0.455 e. The van der Waals surface area contributed by atoms with Gasteiger partial charge in [0.2, 0.25) is 0 Å². The Hall–Kier alpha value is -7.88. The van der Waals surface area contributed by atoms with Crippen LogP contribution in [0.5, 0.6) is 0 Å². The number of anilines is 3. The van der Waals surface area contributed by atoms with Gasteiger partial charge in [0.1, 0.15) is 11.2 Å². The molecule has 0 spiro atoms. The zero-order valence-corrected chi connectivity index (χ0v) is 32.1. The van der Waals surface area contributed by atoms with E-state index in [0.717, 1.165) is 61.4 Å². The van der Waals surface area contributed by atoms with Gasteiger partial charge in [0, 0.05) is 49.9 Å². The van der Waals surface area contributed by atoms with Crippen molar-refractivity contribution in [3.05, 3.63) is 218 Å². The van der Waals surface area contributed by atoms with E-state index < -0.39 is 0 Å². The lowest BCUT2D eigenvalue weighted by atomic mass is 9.96. The second-order valence-electron chi connectivity index (χ2n) is 15.3. The fourth-order valence-corrected chi connectivity index (χ4v) is 9.18. The maximum atomic E-state index is 6.72. The minimum atomic E-state index is 0.875. The summed E-state index contributed by atoms with van der Waals surface area (Å²) in [5.41, 5.74) is 12.9. The summed E-state index contributed by atoms with van der Waals surface area (Å²) in [5.74, 6) is 0. The molecule has 59 heavy (non-hydrogen) atoms. The molecule has 0 unspecified atom stereocenters. The van der Waals surface area contributed by atoms with Gasteiger partial charge in [-0.25, -0.2) is 0 Å². The first-order valence-corrected chi connectivity index (χ1v) is 20.2. The summed E-state index contributed by atoms with van der Waals surface area (Å²) < 4.78 is 9.09. The number of hydrogen-bond acceptors (Lipinski definition) is 2. The average Bonchev–Trinajstić information content (AvgIpc) is 3.85. The number of benzene rings is 10. The molecule has 0 N–H and O–H groups in total. The molecule has 0 saturated carbocycles. The van der Waals surface area contributed by atoms with E-state index in [2.05, 4.69) is 222 Å². The van der Waals surface area contributed by atoms with E-state index >= 15 is 0 Å². The van der Waals surface area contributed by atoms with Crippen LogP contribution in [-0.4, -0.2) is 4.57 Å². The molecule has 0 atom stereocenters. The second kappa shape index (κ2) is 13.4. The third kappa shape index (κ3) is 5.44. The summed E-state index contributed by atoms with van der Waals surface area (Å²) in [5, 5.41) is 9.70. The molecule has 12 rings (SSSR count). The molecule has 0 radical (unpaired) electrons. The zero-order chi connectivity index (χ0) is 38.9. The number of fused-ring (bicyclic) bond motifs is 9. The first kappa shape index (κ1) is 33.3. The Morgan fingerprint density at radius 2 is 0.932 bits per heavy atom. The number of aromatic nitrogens is 1. The second-order valence-corrected chi connectivity index (χ2v) is 15.3. The Bertz CT molecular complexity index is 3500. The van der Waals surface area contributed by atoms with Crippen molar-refractivity contribution in [2.24, 2.45) is 0 Å². The Morgan fingerprint density at radius 1 is 0.339 bits per heavy atom. The molecule has 0 bridgehead atoms. The molecule has 0 amide bonds. The molecule has 12 aromatic rings. The smallest absolute Gasteiger partial charge is 0.143 e. The van der Waals surface area contributed by atoms with Crippen LogP contribution in [0.25, 0.3) is 93.2 Å². The van der Waals surface area contributed by atoms with Gasteiger partial charge in [-0.1, -0.05) is 146 Å². The number of hydrogen-bond donors (Lipinski definition) is 0. The Labute approximate surface area is 341 Å². The highest BCUT2D eigenvalue weighted by atomic mass is 16.3. The minimum Gasteiger partial charge on any atom is -0.455 e. The molecule has 0 fully saturated rings. The van der Waals surface area contributed by atoms with Gasteiger partial charge in [-0.3, -0.25) is 0 Å². The van der Waals surface area contributed by atoms with Gasteiger partial charge in [0.05, 0.1) is 11.0 Å². The van der Waals surface area contributed by atoms with Crippen LogP contribution in [0, 0.1) is 0 Å². The molecule has 276 valence electrons. The van der Waals surface area contributed by atoms with Crippen molar-refractivity contribution in [3.8, 4) is 27.9 Å². The molecule has 0 aliphatic carbocycles. The van der Waals surface area contributed by atoms with Crippen LogP contribution >= 0.6 is 0 Å². The quantitative estimate of drug-likeness (QED) is 0.158. The highest BCUT2D eigenvalue weighted by molar-refractivity contribution is 6.13. The van der Waals surface area contributed by atoms with Crippen LogP contribution < -0.4 is 4.90 Å². The van der Waals surface area contributed by atoms with E-state index in [9.17, 15) is 0 Å². The number of furan rings is 1. The highest BCUT2D eigenvalue weighted by Crippen LogP contribution is 2.44. The van der Waals surface area contributed by atoms with Crippen molar-refractivity contribution in [1.82, 2.24) is 4.57 Å². The van der Waals surface area contributed by atoms with Crippen molar-refractivity contribution in [2.45, 2.75) is 0 Å². The van der Waals surface area contributed by atoms with Crippen LogP contribution in [0.4, 0.5) is 17.1 Å². The summed E-state index contributed by atoms with van der Waals surface area (Å²) in [6, 6.07) is 78.7. The summed E-state index contributed by atoms with van der Waals surface area (Å²) in [6.45, 7) is 0. The Balaban J connectivity index is 1.03. The van der Waals surface area contributed by atoms with E-state index in [4.69, 9.17) is 4.42 Å². The van der Waals surface area contributed by atoms with Gasteiger partial charge in [0.15, 0.2) is 0 Å². The Morgan fingerprint density at radius 3 is 1.71 bits per heavy atom. The molecule has 0 aliphatic heterocycles. The lowest BCUT2D eigenvalue weighted by Crippen LogP contribution is -2.10. The van der Waals surface area contributed by atoms with Crippen LogP contribution in [0.3, 0.4) is 0 Å². The summed E-state index contributed by atoms with van der Waals surface area (Å²) in [4.78, 5) is 2.37. The van der Waals surface area contributed by atoms with Crippen molar-refractivity contribution >= 4 is 82.4 Å². The van der Waals surface area contributed by atoms with Crippen LogP contribution in [0.2, 0.25) is 0 Å². The molecule has 2 heterocycles. The predicted octanol–water partition coefficient (Wildman–Crippen LogP) is 15.8. The lowest BCUT2D eigenvalue weighted by Gasteiger charge is -2.27. The van der Waals surface area contributed by atoms with Crippen molar-refractivity contribution in [2.75, 3.05) is 4.90 Å². The molecule has 3 nitrogen and oxygen atoms in total. The van der Waals surface area contributed by atoms with Crippen LogP contribution in [0.15, 0.2) is 223 Å². The molecule has 0 aliphatic rings. The van der Waals surface area contributed by atoms with Crippen LogP contribution in [-0.2, 0) is 0 Å². The van der Waals surface area contributed by atoms with Gasteiger partial charge in [-0.2, -0.15) is 0 Å². The van der Waals surface area contributed by atoms with Gasteiger partial charge in [0.25, 0.3) is 0 Å². The van der Waals surface area contributed by atoms with Gasteiger partial charge in [-0.15, -0.1) is 0 Å². The fourth-order valence-electron chi connectivity index (χ4n) is 9.18. The van der Waals surface area contributed by atoms with Gasteiger partial charge >= 0.3 is 0 Å². The monoisotopic (exact) mass is 752 g/mol. The average molecular weight is 753 g/mol. The Kier molecular flexibility index (Phi) is 7.54. The molecule has 10 aromatic carbocycles. The standard InChI is InChI=1S/C56H36N2O/c1-2-15-42(16-3-1)57(44-17-12-14-40(33-44)41-28-27-38-26-25-37-13-4-5-18-46(37)50(38)34-41)45-35-51(56-52(36-45)49-21-8-11-24-55(49)59-56)39-29-31-43(32-30-39)58-53-22-9-6-19-47(53)48-20-7-10-23-54(48)58/h1-36H. The molecule has 3 heteroatoms. The maximum absolute atomic E-state index is 6.72. The highest BCUT2D eigenvalue weighted by Gasteiger charge is 2.21. The zero-order valence-electron chi connectivity index (χ0n) is 32.1. The minimum absolute atomic E-state index is 0.875. The summed E-state index contributed by atoms with van der Waals surface area (Å²) >= 11 is 0. The third-order valence-corrected chi connectivity index (χ3v) is 11.9. The van der Waals surface area contributed by atoms with E-state index in [0.29, 0.717) is 0 Å². The van der Waals surface area contributed by atoms with Crippen molar-refractivity contribution in [3.63, 3.8) is 0 Å².